The number of hydrogen-bond acceptors (Lipinski definition) is 8. The molecule has 3 aromatic heterocycles. The summed E-state index contributed by atoms with van der Waals surface area (Å²) in [4.78, 5) is 18.5. The zero-order valence-electron chi connectivity index (χ0n) is 22.2. The fraction of sp³-hybridized carbons (Fsp3) is 0.310. The molecule has 2 aromatic carbocycles. The van der Waals surface area contributed by atoms with Crippen LogP contribution in [-0.4, -0.2) is 43.3 Å². The molecule has 11 heteroatoms. The van der Waals surface area contributed by atoms with Gasteiger partial charge in [0.1, 0.15) is 31.3 Å². The molecule has 6 rings (SSSR count). The molecule has 206 valence electrons. The van der Waals surface area contributed by atoms with Gasteiger partial charge in [-0.05, 0) is 58.3 Å². The number of aromatic amines is 1. The van der Waals surface area contributed by atoms with E-state index in [-0.39, 0.29) is 23.3 Å². The minimum atomic E-state index is -0.307. The number of rotatable bonds is 9. The van der Waals surface area contributed by atoms with E-state index in [4.69, 9.17) is 13.9 Å². The molecule has 1 aliphatic heterocycles. The third kappa shape index (κ3) is 5.32. The van der Waals surface area contributed by atoms with Gasteiger partial charge in [-0.15, -0.1) is 5.10 Å². The van der Waals surface area contributed by atoms with Crippen molar-refractivity contribution in [1.29, 1.82) is 0 Å². The normalized spacial score (nSPS) is 13.8. The lowest BCUT2D eigenvalue weighted by Crippen LogP contribution is -2.35. The van der Waals surface area contributed by atoms with Crippen LogP contribution < -0.4 is 15.0 Å². The van der Waals surface area contributed by atoms with Crippen molar-refractivity contribution in [3.63, 3.8) is 0 Å². The number of H-pyrrole nitrogens is 1. The van der Waals surface area contributed by atoms with Crippen LogP contribution in [0.5, 0.6) is 11.5 Å². The molecule has 0 aliphatic carbocycles. The number of fused-ring (bicyclic) bond motifs is 2. The van der Waals surface area contributed by atoms with E-state index in [0.29, 0.717) is 61.3 Å². The number of aromatic nitrogens is 5. The molecule has 40 heavy (non-hydrogen) atoms. The number of hydrogen-bond donors (Lipinski definition) is 1. The summed E-state index contributed by atoms with van der Waals surface area (Å²) in [5, 5.41) is 13.4. The molecule has 10 nitrogen and oxygen atoms in total. The quantitative estimate of drug-likeness (QED) is 0.290. The van der Waals surface area contributed by atoms with E-state index in [2.05, 4.69) is 39.3 Å². The summed E-state index contributed by atoms with van der Waals surface area (Å²) in [6.45, 7) is 6.22. The van der Waals surface area contributed by atoms with E-state index in [1.807, 2.05) is 24.3 Å². The third-order valence-electron chi connectivity index (χ3n) is 6.99. The Bertz CT molecular complexity index is 1660. The average molecular weight is 545 g/mol. The van der Waals surface area contributed by atoms with Gasteiger partial charge >= 0.3 is 0 Å². The standard InChI is InChI=1S/C29H29FN6O4/c1-18(2)27(28-32-33-34-36(28)17-23-4-3-9-38-23)35(15-19-5-7-22(30)8-6-19)16-21-12-20-13-25-26(40-11-10-39-25)14-24(20)31-29(21)37/h3-9,12-14,18,27H,10-11,15-17H2,1-2H3,(H,31,37)/t27-/m0/s1. The first-order valence-electron chi connectivity index (χ1n) is 13.2. The van der Waals surface area contributed by atoms with Gasteiger partial charge in [-0.2, -0.15) is 0 Å². The van der Waals surface area contributed by atoms with Crippen LogP contribution >= 0.6 is 0 Å². The van der Waals surface area contributed by atoms with Crippen molar-refractivity contribution in [2.75, 3.05) is 13.2 Å². The molecule has 1 aliphatic rings. The Kier molecular flexibility index (Phi) is 7.04. The van der Waals surface area contributed by atoms with E-state index in [9.17, 15) is 9.18 Å². The molecule has 0 fully saturated rings. The SMILES string of the molecule is CC(C)[C@@H](c1nnnn1Cc1ccco1)N(Cc1ccc(F)cc1)Cc1cc2cc3c(cc2[nH]c1=O)OCCO3. The van der Waals surface area contributed by atoms with Gasteiger partial charge in [0.05, 0.1) is 17.8 Å². The van der Waals surface area contributed by atoms with E-state index >= 15 is 0 Å². The van der Waals surface area contributed by atoms with Crippen molar-refractivity contribution in [3.8, 4) is 11.5 Å². The first-order chi connectivity index (χ1) is 19.4. The summed E-state index contributed by atoms with van der Waals surface area (Å²) in [6.07, 6.45) is 1.61. The van der Waals surface area contributed by atoms with Crippen LogP contribution in [-0.2, 0) is 19.6 Å². The van der Waals surface area contributed by atoms with Crippen LogP contribution in [0.4, 0.5) is 4.39 Å². The largest absolute Gasteiger partial charge is 0.486 e. The van der Waals surface area contributed by atoms with Gasteiger partial charge < -0.3 is 18.9 Å². The predicted octanol–water partition coefficient (Wildman–Crippen LogP) is 4.47. The number of nitrogens with one attached hydrogen (secondary N) is 1. The number of pyridine rings is 1. The van der Waals surface area contributed by atoms with E-state index in [1.165, 1.54) is 12.1 Å². The zero-order chi connectivity index (χ0) is 27.6. The summed E-state index contributed by atoms with van der Waals surface area (Å²) in [7, 11) is 0. The highest BCUT2D eigenvalue weighted by molar-refractivity contribution is 5.83. The van der Waals surface area contributed by atoms with E-state index in [0.717, 1.165) is 16.7 Å². The molecule has 5 aromatic rings. The Labute approximate surface area is 229 Å². The van der Waals surface area contributed by atoms with Gasteiger partial charge in [0.2, 0.25) is 0 Å². The maximum absolute atomic E-state index is 13.7. The second-order valence-corrected chi connectivity index (χ2v) is 10.2. The van der Waals surface area contributed by atoms with Crippen LogP contribution in [0.3, 0.4) is 0 Å². The Morgan fingerprint density at radius 2 is 1.82 bits per heavy atom. The minimum absolute atomic E-state index is 0.0684. The first-order valence-corrected chi connectivity index (χ1v) is 13.2. The summed E-state index contributed by atoms with van der Waals surface area (Å²) in [5.41, 5.74) is 1.94. The second-order valence-electron chi connectivity index (χ2n) is 10.2. The smallest absolute Gasteiger partial charge is 0.252 e. The van der Waals surface area contributed by atoms with Crippen LogP contribution in [0, 0.1) is 11.7 Å². The predicted molar refractivity (Wildman–Crippen MR) is 144 cm³/mol. The van der Waals surface area contributed by atoms with Crippen LogP contribution in [0.2, 0.25) is 0 Å². The summed E-state index contributed by atoms with van der Waals surface area (Å²) < 4.78 is 32.4. The van der Waals surface area contributed by atoms with Crippen molar-refractivity contribution < 1.29 is 18.3 Å². The Balaban J connectivity index is 1.39. The number of furan rings is 1. The fourth-order valence-corrected chi connectivity index (χ4v) is 5.17. The van der Waals surface area contributed by atoms with E-state index < -0.39 is 0 Å². The summed E-state index contributed by atoms with van der Waals surface area (Å²) in [6, 6.07) is 15.4. The maximum Gasteiger partial charge on any atom is 0.252 e. The molecule has 0 spiro atoms. The fourth-order valence-electron chi connectivity index (χ4n) is 5.17. The molecule has 0 amide bonds. The molecular weight excluding hydrogens is 515 g/mol. The highest BCUT2D eigenvalue weighted by Gasteiger charge is 2.30. The van der Waals surface area contributed by atoms with Gasteiger partial charge in [0, 0.05) is 30.1 Å². The first kappa shape index (κ1) is 25.8. The second kappa shape index (κ2) is 10.9. The number of halogens is 1. The van der Waals surface area contributed by atoms with Crippen molar-refractivity contribution in [1.82, 2.24) is 30.1 Å². The molecule has 1 atom stereocenters. The van der Waals surface area contributed by atoms with Crippen molar-refractivity contribution in [2.24, 2.45) is 5.92 Å². The van der Waals surface area contributed by atoms with Gasteiger partial charge in [-0.3, -0.25) is 9.69 Å². The molecule has 4 heterocycles. The number of ether oxygens (including phenoxy) is 2. The Hall–Kier alpha value is -4.51. The lowest BCUT2D eigenvalue weighted by Gasteiger charge is -2.33. The highest BCUT2D eigenvalue weighted by atomic mass is 19.1. The van der Waals surface area contributed by atoms with Crippen molar-refractivity contribution >= 4 is 10.9 Å². The van der Waals surface area contributed by atoms with Crippen molar-refractivity contribution in [2.45, 2.75) is 39.5 Å². The monoisotopic (exact) mass is 544 g/mol. The lowest BCUT2D eigenvalue weighted by atomic mass is 9.99. The highest BCUT2D eigenvalue weighted by Crippen LogP contribution is 2.35. The van der Waals surface area contributed by atoms with Crippen LogP contribution in [0.1, 0.15) is 42.6 Å². The lowest BCUT2D eigenvalue weighted by molar-refractivity contribution is 0.125. The molecule has 0 unspecified atom stereocenters. The topological polar surface area (TPSA) is 111 Å². The molecule has 0 saturated carbocycles. The number of nitrogens with zero attached hydrogens (tertiary/aromatic N) is 5. The molecule has 0 saturated heterocycles. The van der Waals surface area contributed by atoms with Crippen LogP contribution in [0.15, 0.2) is 70.1 Å². The third-order valence-corrected chi connectivity index (χ3v) is 6.99. The maximum atomic E-state index is 13.7. The minimum Gasteiger partial charge on any atom is -0.486 e. The van der Waals surface area contributed by atoms with Gasteiger partial charge in [0.25, 0.3) is 5.56 Å². The molecular formula is C29H29FN6O4. The zero-order valence-corrected chi connectivity index (χ0v) is 22.2. The van der Waals surface area contributed by atoms with Gasteiger partial charge in [-0.1, -0.05) is 26.0 Å². The Morgan fingerprint density at radius 1 is 1.05 bits per heavy atom. The van der Waals surface area contributed by atoms with Gasteiger partial charge in [0.15, 0.2) is 17.3 Å². The average Bonchev–Trinajstić information content (AvgIpc) is 3.62. The van der Waals surface area contributed by atoms with Gasteiger partial charge in [-0.25, -0.2) is 9.07 Å². The van der Waals surface area contributed by atoms with Crippen LogP contribution in [0.25, 0.3) is 10.9 Å². The number of tetrazole rings is 1. The Morgan fingerprint density at radius 3 is 2.55 bits per heavy atom. The summed E-state index contributed by atoms with van der Waals surface area (Å²) >= 11 is 0. The van der Waals surface area contributed by atoms with Crippen molar-refractivity contribution in [3.05, 3.63) is 99.7 Å². The summed E-state index contributed by atoms with van der Waals surface area (Å²) in [5.74, 6) is 2.39. The van der Waals surface area contributed by atoms with E-state index in [1.54, 1.807) is 29.1 Å². The molecule has 0 bridgehead atoms. The number of benzene rings is 2. The molecule has 1 N–H and O–H groups in total. The molecule has 0 radical (unpaired) electrons.